The van der Waals surface area contributed by atoms with Crippen LogP contribution in [0.25, 0.3) is 0 Å². The molecule has 0 spiro atoms. The highest BCUT2D eigenvalue weighted by Gasteiger charge is 2.10. The predicted octanol–water partition coefficient (Wildman–Crippen LogP) is 0.444. The first-order valence-electron chi connectivity index (χ1n) is 5.83. The van der Waals surface area contributed by atoms with Crippen LogP contribution >= 0.6 is 0 Å². The van der Waals surface area contributed by atoms with E-state index in [0.717, 1.165) is 0 Å². The normalized spacial score (nSPS) is 10.2. The van der Waals surface area contributed by atoms with Gasteiger partial charge in [0.2, 0.25) is 5.89 Å². The molecule has 0 aliphatic carbocycles. The van der Waals surface area contributed by atoms with Crippen molar-refractivity contribution >= 4 is 11.9 Å². The van der Waals surface area contributed by atoms with E-state index in [4.69, 9.17) is 9.63 Å². The number of hydrogen-bond acceptors (Lipinski definition) is 6. The molecule has 2 aromatic heterocycles. The van der Waals surface area contributed by atoms with Crippen molar-refractivity contribution in [2.45, 2.75) is 13.3 Å². The van der Waals surface area contributed by atoms with Crippen LogP contribution in [0, 0.1) is 6.92 Å². The Morgan fingerprint density at radius 1 is 1.45 bits per heavy atom. The SMILES string of the molecule is Cc1nc(CCNC(=O)c2ccnc(C(=O)O)c2)no1. The van der Waals surface area contributed by atoms with Crippen molar-refractivity contribution in [2.75, 3.05) is 6.54 Å². The summed E-state index contributed by atoms with van der Waals surface area (Å²) in [6, 6.07) is 2.66. The van der Waals surface area contributed by atoms with Gasteiger partial charge in [0.1, 0.15) is 5.69 Å². The summed E-state index contributed by atoms with van der Waals surface area (Å²) in [5.41, 5.74) is 0.0631. The first kappa shape index (κ1) is 13.7. The number of nitrogens with one attached hydrogen (secondary N) is 1. The summed E-state index contributed by atoms with van der Waals surface area (Å²) in [7, 11) is 0. The maximum atomic E-state index is 11.8. The smallest absolute Gasteiger partial charge is 0.354 e. The fourth-order valence-corrected chi connectivity index (χ4v) is 1.52. The van der Waals surface area contributed by atoms with Crippen LogP contribution in [-0.4, -0.2) is 38.7 Å². The van der Waals surface area contributed by atoms with E-state index in [1.54, 1.807) is 6.92 Å². The maximum Gasteiger partial charge on any atom is 0.354 e. The van der Waals surface area contributed by atoms with Gasteiger partial charge in [0.05, 0.1) is 0 Å². The van der Waals surface area contributed by atoms with Crippen LogP contribution in [0.4, 0.5) is 0 Å². The molecule has 0 aliphatic heterocycles. The number of aromatic carboxylic acids is 1. The standard InChI is InChI=1S/C12H12N4O4/c1-7-15-10(16-20-7)3-5-14-11(17)8-2-4-13-9(6-8)12(18)19/h2,4,6H,3,5H2,1H3,(H,14,17)(H,18,19). The van der Waals surface area contributed by atoms with Crippen molar-refractivity contribution in [3.8, 4) is 0 Å². The molecule has 2 aromatic rings. The number of aryl methyl sites for hydroxylation is 1. The highest BCUT2D eigenvalue weighted by Crippen LogP contribution is 2.02. The number of carboxylic acid groups (broad SMARTS) is 1. The van der Waals surface area contributed by atoms with Crippen molar-refractivity contribution in [3.05, 3.63) is 41.3 Å². The largest absolute Gasteiger partial charge is 0.477 e. The minimum absolute atomic E-state index is 0.175. The van der Waals surface area contributed by atoms with E-state index in [-0.39, 0.29) is 17.2 Å². The molecule has 0 aliphatic rings. The molecule has 104 valence electrons. The third kappa shape index (κ3) is 3.37. The zero-order valence-electron chi connectivity index (χ0n) is 10.7. The quantitative estimate of drug-likeness (QED) is 0.813. The molecule has 2 N–H and O–H groups in total. The van der Waals surface area contributed by atoms with Gasteiger partial charge in [-0.15, -0.1) is 0 Å². The predicted molar refractivity (Wildman–Crippen MR) is 66.3 cm³/mol. The van der Waals surface area contributed by atoms with Crippen molar-refractivity contribution in [1.82, 2.24) is 20.4 Å². The van der Waals surface area contributed by atoms with E-state index in [1.165, 1.54) is 18.3 Å². The van der Waals surface area contributed by atoms with E-state index in [0.29, 0.717) is 24.7 Å². The summed E-state index contributed by atoms with van der Waals surface area (Å²) in [6.45, 7) is 2.00. The number of aromatic nitrogens is 3. The van der Waals surface area contributed by atoms with Gasteiger partial charge >= 0.3 is 5.97 Å². The van der Waals surface area contributed by atoms with Gasteiger partial charge in [-0.3, -0.25) is 4.79 Å². The topological polar surface area (TPSA) is 118 Å². The van der Waals surface area contributed by atoms with E-state index >= 15 is 0 Å². The van der Waals surface area contributed by atoms with Gasteiger partial charge < -0.3 is 14.9 Å². The zero-order valence-corrected chi connectivity index (χ0v) is 10.7. The second kappa shape index (κ2) is 5.91. The Kier molecular flexibility index (Phi) is 4.04. The third-order valence-corrected chi connectivity index (χ3v) is 2.45. The van der Waals surface area contributed by atoms with E-state index in [1.807, 2.05) is 0 Å². The minimum Gasteiger partial charge on any atom is -0.477 e. The molecule has 0 radical (unpaired) electrons. The van der Waals surface area contributed by atoms with E-state index < -0.39 is 5.97 Å². The number of carbonyl (C=O) groups is 2. The second-order valence-electron chi connectivity index (χ2n) is 3.97. The van der Waals surface area contributed by atoms with Crippen molar-refractivity contribution < 1.29 is 19.2 Å². The lowest BCUT2D eigenvalue weighted by atomic mass is 10.2. The van der Waals surface area contributed by atoms with Gasteiger partial charge in [0.25, 0.3) is 5.91 Å². The van der Waals surface area contributed by atoms with Gasteiger partial charge in [-0.2, -0.15) is 4.98 Å². The number of carboxylic acids is 1. The van der Waals surface area contributed by atoms with Gasteiger partial charge in [-0.1, -0.05) is 5.16 Å². The summed E-state index contributed by atoms with van der Waals surface area (Å²) < 4.78 is 4.80. The molecule has 0 saturated carbocycles. The Morgan fingerprint density at radius 2 is 2.25 bits per heavy atom. The fraction of sp³-hybridized carbons (Fsp3) is 0.250. The molecule has 0 fully saturated rings. The van der Waals surface area contributed by atoms with Crippen LogP contribution in [0.2, 0.25) is 0 Å². The lowest BCUT2D eigenvalue weighted by molar-refractivity contribution is 0.0690. The minimum atomic E-state index is -1.18. The summed E-state index contributed by atoms with van der Waals surface area (Å²) in [4.78, 5) is 30.2. The molecule has 1 amide bonds. The number of amides is 1. The van der Waals surface area contributed by atoms with Crippen molar-refractivity contribution in [3.63, 3.8) is 0 Å². The number of carbonyl (C=O) groups excluding carboxylic acids is 1. The van der Waals surface area contributed by atoms with Crippen LogP contribution in [-0.2, 0) is 6.42 Å². The average molecular weight is 276 g/mol. The molecule has 2 rings (SSSR count). The Balaban J connectivity index is 1.91. The molecule has 8 nitrogen and oxygen atoms in total. The fourth-order valence-electron chi connectivity index (χ4n) is 1.52. The Labute approximate surface area is 113 Å². The van der Waals surface area contributed by atoms with Gasteiger partial charge in [0, 0.05) is 31.6 Å². The molecule has 20 heavy (non-hydrogen) atoms. The average Bonchev–Trinajstić information content (AvgIpc) is 2.84. The first-order valence-corrected chi connectivity index (χ1v) is 5.83. The highest BCUT2D eigenvalue weighted by molar-refractivity contribution is 5.96. The lowest BCUT2D eigenvalue weighted by Gasteiger charge is -2.03. The zero-order chi connectivity index (χ0) is 14.5. The van der Waals surface area contributed by atoms with Crippen LogP contribution in [0.15, 0.2) is 22.9 Å². The molecule has 0 saturated heterocycles. The molecule has 0 aromatic carbocycles. The summed E-state index contributed by atoms with van der Waals surface area (Å²) in [5, 5.41) is 15.1. The van der Waals surface area contributed by atoms with Crippen LogP contribution < -0.4 is 5.32 Å². The number of rotatable bonds is 5. The molecule has 2 heterocycles. The molecule has 0 bridgehead atoms. The summed E-state index contributed by atoms with van der Waals surface area (Å²) in [6.07, 6.45) is 1.71. The Hall–Kier alpha value is -2.77. The first-order chi connectivity index (χ1) is 9.56. The second-order valence-corrected chi connectivity index (χ2v) is 3.97. The maximum absolute atomic E-state index is 11.8. The molecule has 0 atom stereocenters. The van der Waals surface area contributed by atoms with Gasteiger partial charge in [-0.05, 0) is 12.1 Å². The molecule has 0 unspecified atom stereocenters. The molecular formula is C12H12N4O4. The van der Waals surface area contributed by atoms with Gasteiger partial charge in [0.15, 0.2) is 5.82 Å². The Morgan fingerprint density at radius 3 is 2.90 bits per heavy atom. The molecule has 8 heteroatoms. The van der Waals surface area contributed by atoms with Crippen molar-refractivity contribution in [2.24, 2.45) is 0 Å². The lowest BCUT2D eigenvalue weighted by Crippen LogP contribution is -2.26. The third-order valence-electron chi connectivity index (χ3n) is 2.45. The van der Waals surface area contributed by atoms with E-state index in [2.05, 4.69) is 20.4 Å². The number of hydrogen-bond donors (Lipinski definition) is 2. The van der Waals surface area contributed by atoms with Crippen molar-refractivity contribution in [1.29, 1.82) is 0 Å². The number of nitrogens with zero attached hydrogens (tertiary/aromatic N) is 3. The van der Waals surface area contributed by atoms with Crippen LogP contribution in [0.5, 0.6) is 0 Å². The summed E-state index contributed by atoms with van der Waals surface area (Å²) >= 11 is 0. The van der Waals surface area contributed by atoms with Crippen LogP contribution in [0.1, 0.15) is 32.6 Å². The summed E-state index contributed by atoms with van der Waals surface area (Å²) in [5.74, 6) is -0.590. The van der Waals surface area contributed by atoms with E-state index in [9.17, 15) is 9.59 Å². The van der Waals surface area contributed by atoms with Crippen LogP contribution in [0.3, 0.4) is 0 Å². The monoisotopic (exact) mass is 276 g/mol. The van der Waals surface area contributed by atoms with Gasteiger partial charge in [-0.25, -0.2) is 9.78 Å². The molecular weight excluding hydrogens is 264 g/mol. The Bertz CT molecular complexity index is 638. The number of pyridine rings is 1. The highest BCUT2D eigenvalue weighted by atomic mass is 16.5.